The fourth-order valence-electron chi connectivity index (χ4n) is 3.03. The van der Waals surface area contributed by atoms with E-state index in [9.17, 15) is 0 Å². The van der Waals surface area contributed by atoms with Gasteiger partial charge < -0.3 is 19.9 Å². The monoisotopic (exact) mass is 372 g/mol. The Hall–Kier alpha value is -2.50. The molecule has 27 heavy (non-hydrogen) atoms. The van der Waals surface area contributed by atoms with Crippen LogP contribution < -0.4 is 15.4 Å². The fourth-order valence-corrected chi connectivity index (χ4v) is 3.03. The molecule has 0 saturated heterocycles. The normalized spacial score (nSPS) is 11.7. The van der Waals surface area contributed by atoms with Crippen LogP contribution in [0.5, 0.6) is 5.75 Å². The van der Waals surface area contributed by atoms with Crippen LogP contribution in [0.4, 0.5) is 0 Å². The van der Waals surface area contributed by atoms with Crippen molar-refractivity contribution in [3.8, 4) is 5.75 Å². The molecule has 1 heterocycles. The molecule has 1 aromatic carbocycles. The van der Waals surface area contributed by atoms with Gasteiger partial charge in [0.05, 0.1) is 18.8 Å². The molecule has 0 bridgehead atoms. The Morgan fingerprint density at radius 3 is 2.67 bits per heavy atom. The summed E-state index contributed by atoms with van der Waals surface area (Å²) in [6, 6.07) is 10.2. The zero-order valence-corrected chi connectivity index (χ0v) is 16.9. The summed E-state index contributed by atoms with van der Waals surface area (Å²) in [6.45, 7) is 8.34. The zero-order chi connectivity index (χ0) is 19.5. The lowest BCUT2D eigenvalue weighted by atomic mass is 9.99. The predicted octanol–water partition coefficient (Wildman–Crippen LogP) is 3.88. The van der Waals surface area contributed by atoms with Crippen molar-refractivity contribution in [2.75, 3.05) is 20.2 Å². The van der Waals surface area contributed by atoms with Crippen LogP contribution in [0.3, 0.4) is 0 Å². The highest BCUT2D eigenvalue weighted by Gasteiger charge is 2.13. The minimum absolute atomic E-state index is 0.463. The Morgan fingerprint density at radius 2 is 1.96 bits per heavy atom. The van der Waals surface area contributed by atoms with Gasteiger partial charge in [0.1, 0.15) is 5.75 Å². The van der Waals surface area contributed by atoms with Gasteiger partial charge in [0.15, 0.2) is 11.7 Å². The summed E-state index contributed by atoms with van der Waals surface area (Å²) in [4.78, 5) is 4.27. The molecule has 6 nitrogen and oxygen atoms in total. The molecule has 0 saturated carbocycles. The topological polar surface area (TPSA) is 71.7 Å². The number of guanidine groups is 1. The van der Waals surface area contributed by atoms with Gasteiger partial charge in [-0.25, -0.2) is 0 Å². The molecular formula is C21H32N4O2. The summed E-state index contributed by atoms with van der Waals surface area (Å²) in [5.41, 5.74) is 2.22. The van der Waals surface area contributed by atoms with E-state index in [0.29, 0.717) is 19.1 Å². The van der Waals surface area contributed by atoms with E-state index in [0.717, 1.165) is 49.0 Å². The first-order valence-corrected chi connectivity index (χ1v) is 9.82. The SMILES string of the molecule is CCOc1ccccc1CCNC(=NC)NCc1cc(C(CC)CC)no1. The largest absolute Gasteiger partial charge is 0.494 e. The van der Waals surface area contributed by atoms with Gasteiger partial charge in [0.25, 0.3) is 0 Å². The van der Waals surface area contributed by atoms with Crippen molar-refractivity contribution in [2.24, 2.45) is 4.99 Å². The summed E-state index contributed by atoms with van der Waals surface area (Å²) in [5, 5.41) is 10.8. The van der Waals surface area contributed by atoms with Gasteiger partial charge in [-0.3, -0.25) is 4.99 Å². The third-order valence-electron chi connectivity index (χ3n) is 4.59. The maximum absolute atomic E-state index is 5.67. The first kappa shape index (κ1) is 20.8. The lowest BCUT2D eigenvalue weighted by Crippen LogP contribution is -2.37. The van der Waals surface area contributed by atoms with Gasteiger partial charge in [-0.15, -0.1) is 0 Å². The molecule has 0 fully saturated rings. The second-order valence-corrected chi connectivity index (χ2v) is 6.37. The minimum atomic E-state index is 0.463. The summed E-state index contributed by atoms with van der Waals surface area (Å²) in [7, 11) is 1.76. The van der Waals surface area contributed by atoms with E-state index in [1.807, 2.05) is 31.2 Å². The number of ether oxygens (including phenoxy) is 1. The lowest BCUT2D eigenvalue weighted by Gasteiger charge is -2.13. The smallest absolute Gasteiger partial charge is 0.191 e. The number of benzene rings is 1. The van der Waals surface area contributed by atoms with Crippen molar-refractivity contribution >= 4 is 5.96 Å². The van der Waals surface area contributed by atoms with E-state index in [2.05, 4.69) is 40.7 Å². The van der Waals surface area contributed by atoms with E-state index in [-0.39, 0.29) is 0 Å². The Bertz CT molecular complexity index is 708. The van der Waals surface area contributed by atoms with Crippen molar-refractivity contribution in [3.05, 3.63) is 47.3 Å². The van der Waals surface area contributed by atoms with Gasteiger partial charge in [-0.05, 0) is 37.8 Å². The summed E-state index contributed by atoms with van der Waals surface area (Å²) >= 11 is 0. The lowest BCUT2D eigenvalue weighted by molar-refractivity contribution is 0.336. The van der Waals surface area contributed by atoms with Crippen LogP contribution in [0, 0.1) is 0 Å². The summed E-state index contributed by atoms with van der Waals surface area (Å²) < 4.78 is 11.1. The number of aliphatic imine (C=N–C) groups is 1. The van der Waals surface area contributed by atoms with Crippen LogP contribution in [0.2, 0.25) is 0 Å². The molecule has 0 radical (unpaired) electrons. The average molecular weight is 373 g/mol. The molecule has 0 amide bonds. The van der Waals surface area contributed by atoms with Crippen molar-refractivity contribution in [1.82, 2.24) is 15.8 Å². The van der Waals surface area contributed by atoms with Crippen molar-refractivity contribution in [2.45, 2.75) is 52.5 Å². The van der Waals surface area contributed by atoms with E-state index in [4.69, 9.17) is 9.26 Å². The molecule has 0 aliphatic rings. The second kappa shape index (κ2) is 11.3. The Balaban J connectivity index is 1.81. The number of hydrogen-bond donors (Lipinski definition) is 2. The molecule has 0 spiro atoms. The number of nitrogens with one attached hydrogen (secondary N) is 2. The third-order valence-corrected chi connectivity index (χ3v) is 4.59. The van der Waals surface area contributed by atoms with Crippen LogP contribution in [0.15, 0.2) is 39.8 Å². The molecular weight excluding hydrogens is 340 g/mol. The van der Waals surface area contributed by atoms with Crippen LogP contribution in [-0.4, -0.2) is 31.3 Å². The van der Waals surface area contributed by atoms with Crippen LogP contribution >= 0.6 is 0 Å². The predicted molar refractivity (Wildman–Crippen MR) is 109 cm³/mol. The number of aromatic nitrogens is 1. The summed E-state index contributed by atoms with van der Waals surface area (Å²) in [6.07, 6.45) is 3.00. The molecule has 0 atom stereocenters. The molecule has 0 unspecified atom stereocenters. The zero-order valence-electron chi connectivity index (χ0n) is 16.9. The second-order valence-electron chi connectivity index (χ2n) is 6.37. The Kier molecular flexibility index (Phi) is 8.68. The highest BCUT2D eigenvalue weighted by Crippen LogP contribution is 2.22. The summed E-state index contributed by atoms with van der Waals surface area (Å²) in [5.74, 6) is 2.97. The molecule has 0 aliphatic carbocycles. The van der Waals surface area contributed by atoms with Crippen molar-refractivity contribution < 1.29 is 9.26 Å². The highest BCUT2D eigenvalue weighted by molar-refractivity contribution is 5.79. The minimum Gasteiger partial charge on any atom is -0.494 e. The van der Waals surface area contributed by atoms with E-state index in [1.54, 1.807) is 7.05 Å². The molecule has 1 aromatic heterocycles. The first-order chi connectivity index (χ1) is 13.2. The number of nitrogens with zero attached hydrogens (tertiary/aromatic N) is 2. The van der Waals surface area contributed by atoms with E-state index >= 15 is 0 Å². The molecule has 148 valence electrons. The molecule has 2 rings (SSSR count). The van der Waals surface area contributed by atoms with Crippen LogP contribution in [0.1, 0.15) is 56.5 Å². The van der Waals surface area contributed by atoms with Crippen LogP contribution in [0.25, 0.3) is 0 Å². The average Bonchev–Trinajstić information content (AvgIpc) is 3.15. The Morgan fingerprint density at radius 1 is 1.19 bits per heavy atom. The quantitative estimate of drug-likeness (QED) is 0.489. The van der Waals surface area contributed by atoms with E-state index < -0.39 is 0 Å². The number of rotatable bonds is 10. The molecule has 2 N–H and O–H groups in total. The van der Waals surface area contributed by atoms with Gasteiger partial charge in [0.2, 0.25) is 0 Å². The highest BCUT2D eigenvalue weighted by atomic mass is 16.5. The standard InChI is InChI=1S/C21H32N4O2/c1-5-16(6-2)19-14-18(27-25-19)15-24-21(22-4)23-13-12-17-10-8-9-11-20(17)26-7-3/h8-11,14,16H,5-7,12-13,15H2,1-4H3,(H2,22,23,24). The number of hydrogen-bond acceptors (Lipinski definition) is 4. The maximum Gasteiger partial charge on any atom is 0.191 e. The molecule has 0 aliphatic heterocycles. The van der Waals surface area contributed by atoms with Gasteiger partial charge >= 0.3 is 0 Å². The van der Waals surface area contributed by atoms with Gasteiger partial charge in [-0.1, -0.05) is 37.2 Å². The van der Waals surface area contributed by atoms with Gasteiger partial charge in [-0.2, -0.15) is 0 Å². The first-order valence-electron chi connectivity index (χ1n) is 9.82. The maximum atomic E-state index is 5.67. The molecule has 2 aromatic rings. The van der Waals surface area contributed by atoms with Gasteiger partial charge in [0, 0.05) is 25.6 Å². The fraction of sp³-hybridized carbons (Fsp3) is 0.524. The molecule has 6 heteroatoms. The van der Waals surface area contributed by atoms with Crippen LogP contribution in [-0.2, 0) is 13.0 Å². The van der Waals surface area contributed by atoms with Crippen molar-refractivity contribution in [1.29, 1.82) is 0 Å². The Labute approximate surface area is 162 Å². The number of para-hydroxylation sites is 1. The third kappa shape index (κ3) is 6.31. The van der Waals surface area contributed by atoms with Crippen molar-refractivity contribution in [3.63, 3.8) is 0 Å². The van der Waals surface area contributed by atoms with E-state index in [1.165, 1.54) is 5.56 Å².